The van der Waals surface area contributed by atoms with Crippen molar-refractivity contribution in [2.75, 3.05) is 57.2 Å². The van der Waals surface area contributed by atoms with Crippen molar-refractivity contribution in [1.29, 1.82) is 0 Å². The van der Waals surface area contributed by atoms with Gasteiger partial charge in [-0.05, 0) is 71.0 Å². The first-order valence-corrected chi connectivity index (χ1v) is 16.0. The van der Waals surface area contributed by atoms with E-state index in [0.717, 1.165) is 50.0 Å². The molecule has 2 heterocycles. The number of ether oxygens (including phenoxy) is 1. The van der Waals surface area contributed by atoms with Gasteiger partial charge in [-0.1, -0.05) is 19.3 Å². The van der Waals surface area contributed by atoms with Crippen LogP contribution in [0.15, 0.2) is 30.3 Å². The van der Waals surface area contributed by atoms with Gasteiger partial charge in [0.1, 0.15) is 10.6 Å². The molecule has 2 amide bonds. The van der Waals surface area contributed by atoms with Crippen molar-refractivity contribution < 1.29 is 17.9 Å². The third-order valence-electron chi connectivity index (χ3n) is 8.33. The van der Waals surface area contributed by atoms with Crippen molar-refractivity contribution in [3.63, 3.8) is 0 Å². The van der Waals surface area contributed by atoms with E-state index in [1.807, 2.05) is 49.3 Å². The number of hydrogen-bond donors (Lipinski definition) is 2. The smallest absolute Gasteiger partial charge is 0.319 e. The monoisotopic (exact) mass is 570 g/mol. The van der Waals surface area contributed by atoms with E-state index in [2.05, 4.69) is 22.5 Å². The van der Waals surface area contributed by atoms with Crippen LogP contribution in [0.25, 0.3) is 11.4 Å². The second kappa shape index (κ2) is 12.0. The number of anilines is 2. The van der Waals surface area contributed by atoms with Crippen LogP contribution in [-0.4, -0.2) is 87.6 Å². The number of rotatable bonds is 9. The highest BCUT2D eigenvalue weighted by molar-refractivity contribution is 7.93. The molecule has 0 radical (unpaired) electrons. The summed E-state index contributed by atoms with van der Waals surface area (Å²) in [6, 6.07) is 9.14. The standard InChI is InChI=1S/C29H42N6O4S/c1-21-20-39-18-17-35(21)26-19-25(29(13-14-29)40(37,38)24-7-5-4-6-8-24)32-27(33-26)22-9-11-23(12-10-22)31-28(36)30-15-16-34(2)3/h9-12,19,21,24H,4-8,13-18,20H2,1-3H3,(H2,30,31,36)/t21-/m0/s1. The molecule has 2 saturated carbocycles. The Morgan fingerprint density at radius 2 is 1.85 bits per heavy atom. The minimum atomic E-state index is -3.39. The van der Waals surface area contributed by atoms with E-state index in [1.165, 1.54) is 0 Å². The first kappa shape index (κ1) is 28.8. The number of carbonyl (C=O) groups excluding carboxylic acids is 1. The molecule has 40 heavy (non-hydrogen) atoms. The molecule has 3 aliphatic rings. The van der Waals surface area contributed by atoms with Gasteiger partial charge in [-0.15, -0.1) is 0 Å². The maximum atomic E-state index is 14.0. The van der Waals surface area contributed by atoms with Gasteiger partial charge >= 0.3 is 6.03 Å². The largest absolute Gasteiger partial charge is 0.377 e. The number of carbonyl (C=O) groups is 1. The highest BCUT2D eigenvalue weighted by Crippen LogP contribution is 2.55. The number of likely N-dealkylation sites (N-methyl/N-ethyl adjacent to an activating group) is 1. The fourth-order valence-corrected chi connectivity index (χ4v) is 8.44. The highest BCUT2D eigenvalue weighted by atomic mass is 32.2. The molecule has 1 aliphatic heterocycles. The zero-order valence-electron chi connectivity index (χ0n) is 23.9. The summed E-state index contributed by atoms with van der Waals surface area (Å²) < 4.78 is 32.7. The summed E-state index contributed by atoms with van der Waals surface area (Å²) in [7, 11) is 0.523. The number of hydrogen-bond acceptors (Lipinski definition) is 8. The summed E-state index contributed by atoms with van der Waals surface area (Å²) in [4.78, 5) is 26.3. The molecule has 1 aromatic heterocycles. The summed E-state index contributed by atoms with van der Waals surface area (Å²) in [5.74, 6) is 1.24. The number of benzene rings is 1. The second-order valence-corrected chi connectivity index (χ2v) is 14.2. The number of urea groups is 1. The lowest BCUT2D eigenvalue weighted by atomic mass is 10.0. The second-order valence-electron chi connectivity index (χ2n) is 11.6. The van der Waals surface area contributed by atoms with Crippen LogP contribution in [-0.2, 0) is 19.3 Å². The van der Waals surface area contributed by atoms with Crippen LogP contribution in [0.1, 0.15) is 57.6 Å². The van der Waals surface area contributed by atoms with Crippen molar-refractivity contribution in [3.8, 4) is 11.4 Å². The minimum Gasteiger partial charge on any atom is -0.377 e. The predicted octanol–water partition coefficient (Wildman–Crippen LogP) is 3.79. The third-order valence-corrected chi connectivity index (χ3v) is 11.4. The lowest BCUT2D eigenvalue weighted by Crippen LogP contribution is -2.44. The van der Waals surface area contributed by atoms with E-state index in [0.29, 0.717) is 56.4 Å². The molecular formula is C29H42N6O4S. The topological polar surface area (TPSA) is 117 Å². The molecule has 11 heteroatoms. The Balaban J connectivity index is 1.44. The fourth-order valence-electron chi connectivity index (χ4n) is 5.78. The number of amides is 2. The zero-order chi connectivity index (χ0) is 28.3. The Hall–Kier alpha value is -2.76. The Labute approximate surface area is 237 Å². The third kappa shape index (κ3) is 6.11. The molecule has 218 valence electrons. The molecule has 10 nitrogen and oxygen atoms in total. The first-order chi connectivity index (χ1) is 19.2. The van der Waals surface area contributed by atoms with Crippen LogP contribution >= 0.6 is 0 Å². The molecule has 1 atom stereocenters. The number of nitrogens with one attached hydrogen (secondary N) is 2. The quantitative estimate of drug-likeness (QED) is 0.468. The lowest BCUT2D eigenvalue weighted by molar-refractivity contribution is 0.0985. The van der Waals surface area contributed by atoms with Crippen LogP contribution in [0.5, 0.6) is 0 Å². The molecule has 2 aliphatic carbocycles. The summed E-state index contributed by atoms with van der Waals surface area (Å²) in [6.07, 6.45) is 5.75. The minimum absolute atomic E-state index is 0.118. The summed E-state index contributed by atoms with van der Waals surface area (Å²) in [6.45, 7) is 5.27. The summed E-state index contributed by atoms with van der Waals surface area (Å²) >= 11 is 0. The van der Waals surface area contributed by atoms with Crippen molar-refractivity contribution in [2.24, 2.45) is 0 Å². The van der Waals surface area contributed by atoms with Crippen molar-refractivity contribution >= 4 is 27.4 Å². The Morgan fingerprint density at radius 1 is 1.12 bits per heavy atom. The van der Waals surface area contributed by atoms with E-state index in [1.54, 1.807) is 0 Å². The average Bonchev–Trinajstić information content (AvgIpc) is 3.77. The molecule has 1 aromatic carbocycles. The molecule has 0 unspecified atom stereocenters. The van der Waals surface area contributed by atoms with E-state index in [-0.39, 0.29) is 17.3 Å². The van der Waals surface area contributed by atoms with Crippen LogP contribution in [0.4, 0.5) is 16.3 Å². The van der Waals surface area contributed by atoms with Gasteiger partial charge in [-0.2, -0.15) is 0 Å². The van der Waals surface area contributed by atoms with E-state index >= 15 is 0 Å². The fraction of sp³-hybridized carbons (Fsp3) is 0.621. The van der Waals surface area contributed by atoms with E-state index in [4.69, 9.17) is 14.7 Å². The van der Waals surface area contributed by atoms with Gasteiger partial charge in [0.05, 0.1) is 30.2 Å². The number of aromatic nitrogens is 2. The molecule has 0 spiro atoms. The number of morpholine rings is 1. The molecule has 0 bridgehead atoms. The molecular weight excluding hydrogens is 528 g/mol. The maximum Gasteiger partial charge on any atom is 0.319 e. The van der Waals surface area contributed by atoms with Crippen molar-refractivity contribution in [1.82, 2.24) is 20.2 Å². The molecule has 5 rings (SSSR count). The van der Waals surface area contributed by atoms with Gasteiger partial charge in [0.15, 0.2) is 15.7 Å². The SMILES string of the molecule is C[C@H]1COCCN1c1cc(C2(S(=O)(=O)C3CCCCC3)CC2)nc(-c2ccc(NC(=O)NCCN(C)C)cc2)n1. The summed E-state index contributed by atoms with van der Waals surface area (Å²) in [5, 5.41) is 5.40. The van der Waals surface area contributed by atoms with Gasteiger partial charge in [-0.25, -0.2) is 23.2 Å². The Bertz CT molecular complexity index is 1290. The van der Waals surface area contributed by atoms with Gasteiger partial charge in [0.25, 0.3) is 0 Å². The van der Waals surface area contributed by atoms with Gasteiger partial charge in [-0.3, -0.25) is 0 Å². The van der Waals surface area contributed by atoms with Crippen LogP contribution < -0.4 is 15.5 Å². The van der Waals surface area contributed by atoms with Crippen LogP contribution in [0.2, 0.25) is 0 Å². The van der Waals surface area contributed by atoms with Gasteiger partial charge in [0.2, 0.25) is 0 Å². The normalized spacial score (nSPS) is 21.3. The summed E-state index contributed by atoms with van der Waals surface area (Å²) in [5.41, 5.74) is 2.04. The molecule has 3 fully saturated rings. The first-order valence-electron chi connectivity index (χ1n) is 14.5. The van der Waals surface area contributed by atoms with Crippen molar-refractivity contribution in [2.45, 2.75) is 67.9 Å². The predicted molar refractivity (Wildman–Crippen MR) is 157 cm³/mol. The Kier molecular flexibility index (Phi) is 8.63. The van der Waals surface area contributed by atoms with Crippen molar-refractivity contribution in [3.05, 3.63) is 36.0 Å². The average molecular weight is 571 g/mol. The molecule has 2 aromatic rings. The van der Waals surface area contributed by atoms with Gasteiger partial charge in [0, 0.05) is 37.0 Å². The van der Waals surface area contributed by atoms with Gasteiger partial charge < -0.3 is 25.2 Å². The van der Waals surface area contributed by atoms with E-state index < -0.39 is 14.6 Å². The lowest BCUT2D eigenvalue weighted by Gasteiger charge is -2.35. The van der Waals surface area contributed by atoms with Crippen LogP contribution in [0.3, 0.4) is 0 Å². The molecule has 1 saturated heterocycles. The number of nitrogens with zero attached hydrogens (tertiary/aromatic N) is 4. The Morgan fingerprint density at radius 3 is 2.50 bits per heavy atom. The zero-order valence-corrected chi connectivity index (χ0v) is 24.7. The van der Waals surface area contributed by atoms with E-state index in [9.17, 15) is 13.2 Å². The molecule has 2 N–H and O–H groups in total. The highest BCUT2D eigenvalue weighted by Gasteiger charge is 2.59. The maximum absolute atomic E-state index is 14.0. The number of sulfone groups is 1. The van der Waals surface area contributed by atoms with Crippen LogP contribution in [0, 0.1) is 0 Å².